The average molecular weight is 250 g/mol. The van der Waals surface area contributed by atoms with E-state index in [0.29, 0.717) is 12.0 Å². The molecule has 0 saturated heterocycles. The van der Waals surface area contributed by atoms with Crippen molar-refractivity contribution in [1.82, 2.24) is 4.98 Å². The molecule has 1 rings (SSSR count). The maximum atomic E-state index is 9.36. The molecule has 1 aromatic rings. The van der Waals surface area contributed by atoms with Gasteiger partial charge in [-0.25, -0.2) is 4.98 Å². The predicted molar refractivity (Wildman–Crippen MR) is 77.0 cm³/mol. The Morgan fingerprint density at radius 2 is 1.83 bits per heavy atom. The molecule has 102 valence electrons. The minimum Gasteiger partial charge on any atom is -0.392 e. The molecule has 0 saturated carbocycles. The zero-order valence-electron chi connectivity index (χ0n) is 12.3. The van der Waals surface area contributed by atoms with Gasteiger partial charge in [0.05, 0.1) is 6.61 Å². The highest BCUT2D eigenvalue weighted by atomic mass is 16.3. The van der Waals surface area contributed by atoms with Crippen molar-refractivity contribution >= 4 is 5.82 Å². The molecule has 0 aromatic carbocycles. The van der Waals surface area contributed by atoms with Crippen LogP contribution in [0.25, 0.3) is 0 Å². The number of aliphatic hydroxyl groups is 1. The predicted octanol–water partition coefficient (Wildman–Crippen LogP) is 3.32. The summed E-state index contributed by atoms with van der Waals surface area (Å²) in [5.74, 6) is 1.35. The number of aliphatic hydroxyl groups excluding tert-OH is 1. The van der Waals surface area contributed by atoms with Crippen LogP contribution in [0.2, 0.25) is 0 Å². The molecule has 0 fully saturated rings. The minimum absolute atomic E-state index is 0.0754. The summed E-state index contributed by atoms with van der Waals surface area (Å²) in [6.45, 7) is 8.73. The van der Waals surface area contributed by atoms with Gasteiger partial charge in [0, 0.05) is 18.8 Å². The number of pyridine rings is 1. The molecule has 0 amide bonds. The van der Waals surface area contributed by atoms with Crippen LogP contribution in [0.5, 0.6) is 0 Å². The van der Waals surface area contributed by atoms with Crippen LogP contribution in [0.4, 0.5) is 5.82 Å². The Morgan fingerprint density at radius 1 is 1.22 bits per heavy atom. The lowest BCUT2D eigenvalue weighted by molar-refractivity contribution is 0.281. The average Bonchev–Trinajstić information content (AvgIpc) is 2.39. The molecule has 0 aliphatic heterocycles. The molecule has 3 heteroatoms. The van der Waals surface area contributed by atoms with Crippen LogP contribution < -0.4 is 4.90 Å². The summed E-state index contributed by atoms with van der Waals surface area (Å²) >= 11 is 0. The van der Waals surface area contributed by atoms with Gasteiger partial charge in [-0.05, 0) is 36.5 Å². The van der Waals surface area contributed by atoms with Crippen molar-refractivity contribution in [3.05, 3.63) is 23.4 Å². The van der Waals surface area contributed by atoms with Gasteiger partial charge >= 0.3 is 0 Å². The van der Waals surface area contributed by atoms with E-state index in [2.05, 4.69) is 39.6 Å². The maximum Gasteiger partial charge on any atom is 0.129 e. The molecule has 0 unspecified atom stereocenters. The standard InChI is InChI=1S/C15H26N2O/c1-6-13(7-2)17(5)15-9-12(10-18)8-14(16-15)11(3)4/h8-9,11,13,18H,6-7,10H2,1-5H3. The highest BCUT2D eigenvalue weighted by Crippen LogP contribution is 2.22. The summed E-state index contributed by atoms with van der Waals surface area (Å²) in [7, 11) is 2.09. The van der Waals surface area contributed by atoms with Crippen LogP contribution in [0, 0.1) is 0 Å². The smallest absolute Gasteiger partial charge is 0.129 e. The number of anilines is 1. The molecule has 3 nitrogen and oxygen atoms in total. The number of hydrogen-bond donors (Lipinski definition) is 1. The Labute approximate surface area is 111 Å². The van der Waals surface area contributed by atoms with Crippen molar-refractivity contribution in [2.75, 3.05) is 11.9 Å². The third kappa shape index (κ3) is 3.45. The first-order valence-electron chi connectivity index (χ1n) is 6.87. The summed E-state index contributed by atoms with van der Waals surface area (Å²) in [5.41, 5.74) is 2.00. The van der Waals surface area contributed by atoms with E-state index in [4.69, 9.17) is 4.98 Å². The monoisotopic (exact) mass is 250 g/mol. The number of hydrogen-bond acceptors (Lipinski definition) is 3. The summed E-state index contributed by atoms with van der Waals surface area (Å²) in [5, 5.41) is 9.36. The van der Waals surface area contributed by atoms with Crippen molar-refractivity contribution in [2.24, 2.45) is 0 Å². The SMILES string of the molecule is CCC(CC)N(C)c1cc(CO)cc(C(C)C)n1. The third-order valence-electron chi connectivity index (χ3n) is 3.52. The van der Waals surface area contributed by atoms with Gasteiger partial charge in [-0.3, -0.25) is 0 Å². The first kappa shape index (κ1) is 15.0. The second-order valence-electron chi connectivity index (χ2n) is 5.15. The fourth-order valence-electron chi connectivity index (χ4n) is 2.19. The molecule has 0 atom stereocenters. The molecular weight excluding hydrogens is 224 g/mol. The molecule has 1 heterocycles. The lowest BCUT2D eigenvalue weighted by atomic mass is 10.1. The van der Waals surface area contributed by atoms with Gasteiger partial charge in [-0.15, -0.1) is 0 Å². The van der Waals surface area contributed by atoms with Crippen molar-refractivity contribution in [3.63, 3.8) is 0 Å². The van der Waals surface area contributed by atoms with Gasteiger partial charge in [0.1, 0.15) is 5.82 Å². The van der Waals surface area contributed by atoms with E-state index in [1.165, 1.54) is 0 Å². The Kier molecular flexibility index (Phi) is 5.60. The highest BCUT2D eigenvalue weighted by Gasteiger charge is 2.14. The molecular formula is C15H26N2O. The van der Waals surface area contributed by atoms with E-state index < -0.39 is 0 Å². The Bertz CT molecular complexity index is 373. The lowest BCUT2D eigenvalue weighted by Gasteiger charge is -2.28. The minimum atomic E-state index is 0.0754. The largest absolute Gasteiger partial charge is 0.392 e. The topological polar surface area (TPSA) is 36.4 Å². The quantitative estimate of drug-likeness (QED) is 0.841. The van der Waals surface area contributed by atoms with Gasteiger partial charge in [0.2, 0.25) is 0 Å². The van der Waals surface area contributed by atoms with E-state index in [1.54, 1.807) is 0 Å². The van der Waals surface area contributed by atoms with Crippen LogP contribution in [0.15, 0.2) is 12.1 Å². The molecule has 0 spiro atoms. The van der Waals surface area contributed by atoms with E-state index in [9.17, 15) is 5.11 Å². The van der Waals surface area contributed by atoms with Crippen molar-refractivity contribution in [1.29, 1.82) is 0 Å². The van der Waals surface area contributed by atoms with Gasteiger partial charge < -0.3 is 10.0 Å². The molecule has 18 heavy (non-hydrogen) atoms. The molecule has 0 aliphatic carbocycles. The Balaban J connectivity index is 3.10. The molecule has 0 radical (unpaired) electrons. The molecule has 1 aromatic heterocycles. The van der Waals surface area contributed by atoms with Crippen molar-refractivity contribution < 1.29 is 5.11 Å². The van der Waals surface area contributed by atoms with Crippen LogP contribution in [-0.4, -0.2) is 23.2 Å². The number of aromatic nitrogens is 1. The van der Waals surface area contributed by atoms with Crippen molar-refractivity contribution in [3.8, 4) is 0 Å². The van der Waals surface area contributed by atoms with E-state index >= 15 is 0 Å². The van der Waals surface area contributed by atoms with Gasteiger partial charge in [0.15, 0.2) is 0 Å². The number of nitrogens with zero attached hydrogens (tertiary/aromatic N) is 2. The van der Waals surface area contributed by atoms with Crippen LogP contribution >= 0.6 is 0 Å². The van der Waals surface area contributed by atoms with Crippen LogP contribution in [0.1, 0.15) is 57.7 Å². The summed E-state index contributed by atoms with van der Waals surface area (Å²) in [6, 6.07) is 4.49. The molecule has 1 N–H and O–H groups in total. The lowest BCUT2D eigenvalue weighted by Crippen LogP contribution is -2.31. The van der Waals surface area contributed by atoms with E-state index in [1.807, 2.05) is 12.1 Å². The summed E-state index contributed by atoms with van der Waals surface area (Å²) in [4.78, 5) is 6.94. The van der Waals surface area contributed by atoms with Gasteiger partial charge in [-0.2, -0.15) is 0 Å². The zero-order chi connectivity index (χ0) is 13.7. The summed E-state index contributed by atoms with van der Waals surface area (Å²) < 4.78 is 0. The fraction of sp³-hybridized carbons (Fsp3) is 0.667. The van der Waals surface area contributed by atoms with Crippen molar-refractivity contribution in [2.45, 2.75) is 59.1 Å². The molecule has 0 bridgehead atoms. The highest BCUT2D eigenvalue weighted by molar-refractivity contribution is 5.43. The first-order valence-corrected chi connectivity index (χ1v) is 6.87. The first-order chi connectivity index (χ1) is 8.53. The normalized spacial score (nSPS) is 11.3. The van der Waals surface area contributed by atoms with Crippen LogP contribution in [-0.2, 0) is 6.61 Å². The zero-order valence-corrected chi connectivity index (χ0v) is 12.3. The van der Waals surface area contributed by atoms with Gasteiger partial charge in [-0.1, -0.05) is 27.7 Å². The summed E-state index contributed by atoms with van der Waals surface area (Å²) in [6.07, 6.45) is 2.21. The van der Waals surface area contributed by atoms with E-state index in [0.717, 1.165) is 29.9 Å². The Hall–Kier alpha value is -1.09. The maximum absolute atomic E-state index is 9.36. The number of rotatable bonds is 6. The fourth-order valence-corrected chi connectivity index (χ4v) is 2.19. The molecule has 0 aliphatic rings. The van der Waals surface area contributed by atoms with E-state index in [-0.39, 0.29) is 6.61 Å². The van der Waals surface area contributed by atoms with Crippen LogP contribution in [0.3, 0.4) is 0 Å². The second-order valence-corrected chi connectivity index (χ2v) is 5.15. The van der Waals surface area contributed by atoms with Gasteiger partial charge in [0.25, 0.3) is 0 Å². The third-order valence-corrected chi connectivity index (χ3v) is 3.52. The second kappa shape index (κ2) is 6.74. The Morgan fingerprint density at radius 3 is 2.28 bits per heavy atom.